The van der Waals surface area contributed by atoms with E-state index in [1.165, 1.54) is 12.8 Å². The molecule has 0 amide bonds. The van der Waals surface area contributed by atoms with E-state index in [0.717, 1.165) is 31.7 Å². The minimum absolute atomic E-state index is 0.0748. The fourth-order valence-electron chi connectivity index (χ4n) is 4.64. The van der Waals surface area contributed by atoms with Crippen molar-refractivity contribution in [3.8, 4) is 0 Å². The van der Waals surface area contributed by atoms with Gasteiger partial charge in [0.2, 0.25) is 6.08 Å². The van der Waals surface area contributed by atoms with E-state index < -0.39 is 0 Å². The fraction of sp³-hybridized carbons (Fsp3) is 0.957. The monoisotopic (exact) mass is 425 g/mol. The van der Waals surface area contributed by atoms with E-state index in [1.807, 2.05) is 0 Å². The van der Waals surface area contributed by atoms with Crippen LogP contribution < -0.4 is 0 Å². The number of hydrogen-bond donors (Lipinski definition) is 1. The van der Waals surface area contributed by atoms with Crippen LogP contribution in [-0.4, -0.2) is 44.4 Å². The van der Waals surface area contributed by atoms with Crippen LogP contribution in [0.15, 0.2) is 0 Å². The molecule has 174 valence electrons. The van der Waals surface area contributed by atoms with Gasteiger partial charge < -0.3 is 18.8 Å². The summed E-state index contributed by atoms with van der Waals surface area (Å²) < 4.78 is 23.6. The molecule has 1 heterocycles. The Morgan fingerprint density at radius 1 is 1.00 bits per heavy atom. The zero-order valence-corrected chi connectivity index (χ0v) is 20.9. The van der Waals surface area contributed by atoms with Crippen molar-refractivity contribution in [3.63, 3.8) is 0 Å². The summed E-state index contributed by atoms with van der Waals surface area (Å²) in [4.78, 5) is 8.35. The summed E-state index contributed by atoms with van der Waals surface area (Å²) in [6.07, 6.45) is 7.24. The first kappa shape index (κ1) is 27.3. The van der Waals surface area contributed by atoms with Crippen molar-refractivity contribution < 1.29 is 23.6 Å². The topological polar surface area (TPSA) is 77.8 Å². The van der Waals surface area contributed by atoms with Gasteiger partial charge in [0.05, 0.1) is 11.2 Å². The van der Waals surface area contributed by atoms with E-state index >= 15 is 0 Å². The highest BCUT2D eigenvalue weighted by molar-refractivity contribution is 6.45. The molecule has 0 aromatic carbocycles. The van der Waals surface area contributed by atoms with Gasteiger partial charge in [-0.3, -0.25) is 0 Å². The van der Waals surface area contributed by atoms with Crippen molar-refractivity contribution in [1.82, 2.24) is 0 Å². The van der Waals surface area contributed by atoms with Gasteiger partial charge in [0.1, 0.15) is 0 Å². The molecule has 2 aliphatic rings. The average Bonchev–Trinajstić information content (AvgIpc) is 2.78. The lowest BCUT2D eigenvalue weighted by atomic mass is 9.52. The Morgan fingerprint density at radius 3 is 1.80 bits per heavy atom. The molecular formula is C23H44BNO5. The third kappa shape index (κ3) is 5.74. The number of unbranched alkanes of at least 4 members (excludes halogenated alkanes) is 1. The van der Waals surface area contributed by atoms with Crippen molar-refractivity contribution in [1.29, 1.82) is 5.41 Å². The lowest BCUT2D eigenvalue weighted by Gasteiger charge is -2.57. The Balaban J connectivity index is 0.00000141. The molecule has 0 aromatic rings. The molecule has 30 heavy (non-hydrogen) atoms. The lowest BCUT2D eigenvalue weighted by molar-refractivity contribution is -0.292. The Bertz CT molecular complexity index is 567. The van der Waals surface area contributed by atoms with E-state index in [2.05, 4.69) is 55.4 Å². The minimum Gasteiger partial charge on any atom is -0.403 e. The van der Waals surface area contributed by atoms with E-state index in [9.17, 15) is 0 Å². The molecule has 0 aromatic heterocycles. The molecule has 1 atom stereocenters. The summed E-state index contributed by atoms with van der Waals surface area (Å²) in [7, 11) is 3.45. The van der Waals surface area contributed by atoms with Gasteiger partial charge in [-0.25, -0.2) is 10.2 Å². The van der Waals surface area contributed by atoms with Crippen LogP contribution in [0.25, 0.3) is 0 Å². The first-order valence-electron chi connectivity index (χ1n) is 11.1. The van der Waals surface area contributed by atoms with E-state index in [4.69, 9.17) is 29.0 Å². The molecule has 6 nitrogen and oxygen atoms in total. The minimum atomic E-state index is -0.361. The highest BCUT2D eigenvalue weighted by Gasteiger charge is 2.56. The Hall–Kier alpha value is -0.715. The smallest absolute Gasteiger partial charge is 0.403 e. The van der Waals surface area contributed by atoms with E-state index in [0.29, 0.717) is 5.92 Å². The van der Waals surface area contributed by atoms with E-state index in [-0.39, 0.29) is 34.9 Å². The number of ether oxygens (including phenoxy) is 2. The first-order valence-corrected chi connectivity index (χ1v) is 11.1. The van der Waals surface area contributed by atoms with Crippen LogP contribution in [0.4, 0.5) is 0 Å². The maximum Gasteiger partial charge on any atom is 0.457 e. The second kappa shape index (κ2) is 9.83. The van der Waals surface area contributed by atoms with Crippen molar-refractivity contribution in [2.45, 2.75) is 111 Å². The molecule has 0 radical (unpaired) electrons. The van der Waals surface area contributed by atoms with Crippen molar-refractivity contribution in [2.24, 2.45) is 16.7 Å². The van der Waals surface area contributed by atoms with Gasteiger partial charge in [0.15, 0.2) is 5.79 Å². The van der Waals surface area contributed by atoms with Gasteiger partial charge in [0, 0.05) is 27.1 Å². The lowest BCUT2D eigenvalue weighted by Crippen LogP contribution is -2.55. The molecular weight excluding hydrogens is 381 g/mol. The second-order valence-corrected chi connectivity index (χ2v) is 11.1. The molecule has 1 unspecified atom stereocenters. The molecule has 0 spiro atoms. The van der Waals surface area contributed by atoms with E-state index in [1.54, 1.807) is 14.2 Å². The number of rotatable bonds is 8. The average molecular weight is 425 g/mol. The summed E-state index contributed by atoms with van der Waals surface area (Å²) in [5.74, 6) is 0.272. The number of hydrogen-bond acceptors (Lipinski definition) is 6. The molecule has 1 saturated carbocycles. The summed E-state index contributed by atoms with van der Waals surface area (Å²) >= 11 is 0. The SMILES string of the molecule is COC1(OC)CC(C(C)(CCCCB2OC(C)(C)C(C)(C)O2)C(C)(C)C)C1.N=C=O. The van der Waals surface area contributed by atoms with Gasteiger partial charge in [0.25, 0.3) is 0 Å². The zero-order valence-electron chi connectivity index (χ0n) is 20.9. The number of isocyanates is 1. The van der Waals surface area contributed by atoms with Gasteiger partial charge in [-0.1, -0.05) is 40.5 Å². The predicted octanol–water partition coefficient (Wildman–Crippen LogP) is 5.60. The largest absolute Gasteiger partial charge is 0.457 e. The Labute approximate surface area is 184 Å². The van der Waals surface area contributed by atoms with Gasteiger partial charge in [-0.15, -0.1) is 0 Å². The second-order valence-electron chi connectivity index (χ2n) is 11.1. The summed E-state index contributed by atoms with van der Waals surface area (Å²) in [6.45, 7) is 18.1. The third-order valence-corrected chi connectivity index (χ3v) is 8.16. The molecule has 1 N–H and O–H groups in total. The Morgan fingerprint density at radius 2 is 1.43 bits per heavy atom. The highest BCUT2D eigenvalue weighted by Crippen LogP contribution is 2.58. The van der Waals surface area contributed by atoms with Gasteiger partial charge in [-0.05, 0) is 57.2 Å². The summed E-state index contributed by atoms with van der Waals surface area (Å²) in [5, 5.41) is 5.40. The number of carbonyl (C=O) groups excluding carboxylic acids is 1. The van der Waals surface area contributed by atoms with Gasteiger partial charge >= 0.3 is 7.12 Å². The molecule has 2 fully saturated rings. The predicted molar refractivity (Wildman–Crippen MR) is 120 cm³/mol. The normalized spacial score (nSPS) is 24.3. The van der Waals surface area contributed by atoms with Gasteiger partial charge in [-0.2, -0.15) is 0 Å². The Kier molecular flexibility index (Phi) is 8.95. The van der Waals surface area contributed by atoms with Crippen LogP contribution in [0.2, 0.25) is 6.32 Å². The highest BCUT2D eigenvalue weighted by atomic mass is 16.7. The number of nitrogens with one attached hydrogen (secondary N) is 1. The van der Waals surface area contributed by atoms with Crippen molar-refractivity contribution in [3.05, 3.63) is 0 Å². The molecule has 7 heteroatoms. The van der Waals surface area contributed by atoms with Crippen LogP contribution in [-0.2, 0) is 23.6 Å². The van der Waals surface area contributed by atoms with Crippen LogP contribution >= 0.6 is 0 Å². The molecule has 1 aliphatic heterocycles. The number of methoxy groups -OCH3 is 2. The maximum absolute atomic E-state index is 8.35. The van der Waals surface area contributed by atoms with Crippen LogP contribution in [0.1, 0.15) is 87.5 Å². The first-order chi connectivity index (χ1) is 13.6. The maximum atomic E-state index is 8.35. The molecule has 2 rings (SSSR count). The van der Waals surface area contributed by atoms with Crippen molar-refractivity contribution >= 4 is 13.2 Å². The standard InChI is InChI=1S/C22H43BO4.CHNO/c1-18(2,3)21(8,17-15-22(16-17,24-9)25-10)13-11-12-14-23-26-19(4,5)20(6,7)27-23;2-1-3/h17H,11-16H2,1-10H3;2H. The van der Waals surface area contributed by atoms with Crippen molar-refractivity contribution in [2.75, 3.05) is 14.2 Å². The molecule has 0 bridgehead atoms. The molecule has 1 saturated heterocycles. The van der Waals surface area contributed by atoms with Crippen LogP contribution in [0.5, 0.6) is 0 Å². The zero-order chi connectivity index (χ0) is 23.4. The van der Waals surface area contributed by atoms with Crippen LogP contribution in [0.3, 0.4) is 0 Å². The van der Waals surface area contributed by atoms with Crippen LogP contribution in [0, 0.1) is 22.2 Å². The molecule has 1 aliphatic carbocycles. The summed E-state index contributed by atoms with van der Waals surface area (Å²) in [6, 6.07) is 0. The quantitative estimate of drug-likeness (QED) is 0.180. The fourth-order valence-corrected chi connectivity index (χ4v) is 4.64. The third-order valence-electron chi connectivity index (χ3n) is 8.16. The summed E-state index contributed by atoms with van der Waals surface area (Å²) in [5.41, 5.74) is 0.0550.